The minimum atomic E-state index is -2.23. The maximum absolute atomic E-state index is 14.8. The van der Waals surface area contributed by atoms with Crippen molar-refractivity contribution in [3.05, 3.63) is 23.8 Å². The molecular weight excluding hydrogens is 496 g/mol. The van der Waals surface area contributed by atoms with Gasteiger partial charge in [0.25, 0.3) is 0 Å². The maximum atomic E-state index is 14.8. The van der Waals surface area contributed by atoms with Crippen molar-refractivity contribution in [2.75, 3.05) is 6.61 Å². The first-order valence-corrected chi connectivity index (χ1v) is 13.5. The minimum Gasteiger partial charge on any atom is -0.458 e. The van der Waals surface area contributed by atoms with Crippen LogP contribution in [0.2, 0.25) is 0 Å². The first-order chi connectivity index (χ1) is 17.8. The van der Waals surface area contributed by atoms with Gasteiger partial charge in [-0.25, -0.2) is 4.79 Å². The second-order valence-electron chi connectivity index (χ2n) is 13.2. The van der Waals surface area contributed by atoms with Crippen LogP contribution in [0.1, 0.15) is 46.5 Å². The van der Waals surface area contributed by atoms with Gasteiger partial charge >= 0.3 is 11.9 Å². The summed E-state index contributed by atoms with van der Waals surface area (Å²) in [4.78, 5) is 55.4. The molecule has 1 saturated carbocycles. The summed E-state index contributed by atoms with van der Waals surface area (Å²) in [7, 11) is 0. The summed E-state index contributed by atoms with van der Waals surface area (Å²) >= 11 is 0. The molecule has 0 aromatic heterocycles. The van der Waals surface area contributed by atoms with Crippen molar-refractivity contribution >= 4 is 23.5 Å². The molecule has 12 atom stereocenters. The molecule has 0 aromatic carbocycles. The van der Waals surface area contributed by atoms with Crippen LogP contribution in [0.5, 0.6) is 0 Å². The number of aliphatic hydroxyl groups is 2. The van der Waals surface area contributed by atoms with Crippen LogP contribution in [0.25, 0.3) is 0 Å². The summed E-state index contributed by atoms with van der Waals surface area (Å²) in [6.07, 6.45) is 3.65. The molecule has 2 N–H and O–H groups in total. The predicted octanol–water partition coefficient (Wildman–Crippen LogP) is 0.528. The summed E-state index contributed by atoms with van der Waals surface area (Å²) < 4.78 is 25.0. The highest BCUT2D eigenvalue weighted by Gasteiger charge is 2.93. The van der Waals surface area contributed by atoms with Gasteiger partial charge in [-0.2, -0.15) is 0 Å². The zero-order chi connectivity index (χ0) is 26.8. The SMILES string of the molecule is CC12C(=O)C[C@H](O)C=C1C=C[C@H]1[C@@H]2CC[C@]2(O)C(=O)O[C@@]3(C)C4C[C@]5(C)[C@@H](COC16O[C@@]32[C@H]5C6=O)C(=O)O4. The quantitative estimate of drug-likeness (QED) is 0.429. The highest BCUT2D eigenvalue weighted by atomic mass is 16.8. The molecule has 5 saturated heterocycles. The number of fused-ring (bicyclic) bond motifs is 5. The fourth-order valence-corrected chi connectivity index (χ4v) is 9.89. The van der Waals surface area contributed by atoms with E-state index in [4.69, 9.17) is 18.9 Å². The third-order valence-corrected chi connectivity index (χ3v) is 11.9. The van der Waals surface area contributed by atoms with Crippen LogP contribution in [0, 0.1) is 34.5 Å². The Labute approximate surface area is 218 Å². The Morgan fingerprint density at radius 2 is 1.87 bits per heavy atom. The Morgan fingerprint density at radius 3 is 2.63 bits per heavy atom. The standard InChI is InChI=1S/C28H30O10/c1-23-10-18-25(3)28-19(23)20(31)27(38-28,35-11-16(23)21(32)36-18)15-5-4-12-8-13(29)9-17(30)24(12,2)14(15)6-7-26(28,34)22(33)37-25/h4-5,8,13-16,18-19,29,34H,6-7,9-11H2,1-3H3/t13-,14+,15+,16+,18?,19+,23-,24?,25+,26+,27?,28+/m1/s1. The lowest BCUT2D eigenvalue weighted by Gasteiger charge is -2.62. The lowest BCUT2D eigenvalue weighted by molar-refractivity contribution is -0.370. The molecule has 5 heterocycles. The number of carbonyl (C=O) groups is 4. The Hall–Kier alpha value is -2.40. The van der Waals surface area contributed by atoms with Gasteiger partial charge < -0.3 is 29.2 Å². The predicted molar refractivity (Wildman–Crippen MR) is 124 cm³/mol. The van der Waals surface area contributed by atoms with Gasteiger partial charge in [0, 0.05) is 12.3 Å². The van der Waals surface area contributed by atoms with Crippen LogP contribution in [0.15, 0.2) is 23.8 Å². The van der Waals surface area contributed by atoms with E-state index in [1.807, 2.05) is 6.92 Å². The maximum Gasteiger partial charge on any atom is 0.342 e. The van der Waals surface area contributed by atoms with E-state index >= 15 is 0 Å². The second kappa shape index (κ2) is 6.32. The molecule has 10 heteroatoms. The van der Waals surface area contributed by atoms with Crippen LogP contribution < -0.4 is 0 Å². The van der Waals surface area contributed by atoms with Gasteiger partial charge in [0.15, 0.2) is 22.6 Å². The molecule has 6 fully saturated rings. The zero-order valence-electron chi connectivity index (χ0n) is 21.4. The van der Waals surface area contributed by atoms with E-state index in [1.165, 1.54) is 0 Å². The highest BCUT2D eigenvalue weighted by Crippen LogP contribution is 2.74. The third kappa shape index (κ3) is 2.03. The Bertz CT molecular complexity index is 1330. The highest BCUT2D eigenvalue weighted by molar-refractivity contribution is 6.00. The first kappa shape index (κ1) is 23.5. The van der Waals surface area contributed by atoms with E-state index in [0.717, 1.165) is 0 Å². The molecule has 38 heavy (non-hydrogen) atoms. The van der Waals surface area contributed by atoms with E-state index in [-0.39, 0.29) is 38.1 Å². The smallest absolute Gasteiger partial charge is 0.342 e. The number of ether oxygens (including phenoxy) is 4. The van der Waals surface area contributed by atoms with Gasteiger partial charge in [-0.3, -0.25) is 14.4 Å². The molecule has 5 bridgehead atoms. The summed E-state index contributed by atoms with van der Waals surface area (Å²) in [5.74, 6) is -7.21. The summed E-state index contributed by atoms with van der Waals surface area (Å²) in [5.41, 5.74) is -7.17. The molecule has 202 valence electrons. The van der Waals surface area contributed by atoms with E-state index in [1.54, 1.807) is 32.1 Å². The van der Waals surface area contributed by atoms with Gasteiger partial charge in [-0.1, -0.05) is 25.2 Å². The number of ketones is 2. The average Bonchev–Trinajstić information content (AvgIpc) is 3.16. The average molecular weight is 527 g/mol. The van der Waals surface area contributed by atoms with Crippen molar-refractivity contribution in [3.8, 4) is 0 Å². The normalized spacial score (nSPS) is 59.2. The van der Waals surface area contributed by atoms with Gasteiger partial charge in [0.2, 0.25) is 5.79 Å². The number of aliphatic hydroxyl groups excluding tert-OH is 1. The van der Waals surface area contributed by atoms with Crippen molar-refractivity contribution in [1.29, 1.82) is 0 Å². The molecule has 2 spiro atoms. The Balaban J connectivity index is 1.43. The molecule has 8 rings (SSSR count). The number of Topliss-reactive ketones (excluding diaryl/α,β-unsaturated/α-hetero) is 2. The van der Waals surface area contributed by atoms with Crippen molar-refractivity contribution in [2.45, 2.75) is 81.3 Å². The van der Waals surface area contributed by atoms with Crippen molar-refractivity contribution in [2.24, 2.45) is 34.5 Å². The zero-order valence-corrected chi connectivity index (χ0v) is 21.4. The van der Waals surface area contributed by atoms with E-state index in [0.29, 0.717) is 5.57 Å². The minimum absolute atomic E-state index is 0.0790. The molecular formula is C28H30O10. The van der Waals surface area contributed by atoms with Gasteiger partial charge in [0.05, 0.1) is 30.0 Å². The van der Waals surface area contributed by atoms with Gasteiger partial charge in [-0.15, -0.1) is 0 Å². The van der Waals surface area contributed by atoms with Crippen LogP contribution in [-0.2, 0) is 38.1 Å². The third-order valence-electron chi connectivity index (χ3n) is 11.9. The fourth-order valence-electron chi connectivity index (χ4n) is 9.89. The fraction of sp³-hybridized carbons (Fsp3) is 0.714. The van der Waals surface area contributed by atoms with Crippen LogP contribution >= 0.6 is 0 Å². The van der Waals surface area contributed by atoms with Crippen LogP contribution in [-0.4, -0.2) is 75.1 Å². The summed E-state index contributed by atoms with van der Waals surface area (Å²) in [6, 6.07) is 0. The number of allylic oxidation sites excluding steroid dienone is 2. The number of rotatable bonds is 0. The molecule has 3 aliphatic carbocycles. The van der Waals surface area contributed by atoms with E-state index in [2.05, 4.69) is 0 Å². The van der Waals surface area contributed by atoms with E-state index in [9.17, 15) is 29.4 Å². The Kier molecular flexibility index (Phi) is 3.91. The number of esters is 2. The second-order valence-corrected chi connectivity index (χ2v) is 13.2. The van der Waals surface area contributed by atoms with E-state index < -0.39 is 87.0 Å². The molecule has 0 radical (unpaired) electrons. The van der Waals surface area contributed by atoms with Crippen molar-refractivity contribution < 1.29 is 48.3 Å². The van der Waals surface area contributed by atoms with Crippen molar-refractivity contribution in [3.63, 3.8) is 0 Å². The molecule has 0 aromatic rings. The topological polar surface area (TPSA) is 146 Å². The largest absolute Gasteiger partial charge is 0.458 e. The van der Waals surface area contributed by atoms with Gasteiger partial charge in [0.1, 0.15) is 11.9 Å². The lowest BCUT2D eigenvalue weighted by atomic mass is 9.46. The summed E-state index contributed by atoms with van der Waals surface area (Å²) in [6.45, 7) is 5.07. The van der Waals surface area contributed by atoms with Crippen LogP contribution in [0.3, 0.4) is 0 Å². The monoisotopic (exact) mass is 526 g/mol. The molecule has 5 aliphatic heterocycles. The number of hydrogen-bond donors (Lipinski definition) is 2. The van der Waals surface area contributed by atoms with Gasteiger partial charge in [-0.05, 0) is 50.0 Å². The van der Waals surface area contributed by atoms with Crippen LogP contribution in [0.4, 0.5) is 0 Å². The van der Waals surface area contributed by atoms with Crippen molar-refractivity contribution in [1.82, 2.24) is 0 Å². The lowest BCUT2D eigenvalue weighted by Crippen LogP contribution is -2.79. The molecule has 8 aliphatic rings. The molecule has 3 unspecified atom stereocenters. The summed E-state index contributed by atoms with van der Waals surface area (Å²) in [5, 5.41) is 22.7. The Morgan fingerprint density at radius 1 is 1.11 bits per heavy atom. The first-order valence-electron chi connectivity index (χ1n) is 13.5. The molecule has 10 nitrogen and oxygen atoms in total. The number of carbonyl (C=O) groups excluding carboxylic acids is 4. The molecule has 0 amide bonds. The number of hydrogen-bond acceptors (Lipinski definition) is 10.